The summed E-state index contributed by atoms with van der Waals surface area (Å²) in [5.41, 5.74) is 0. The third-order valence-electron chi connectivity index (χ3n) is 3.73. The van der Waals surface area contributed by atoms with E-state index in [1.807, 2.05) is 0 Å². The average molecular weight is 226 g/mol. The summed E-state index contributed by atoms with van der Waals surface area (Å²) >= 11 is 0. The van der Waals surface area contributed by atoms with Crippen molar-refractivity contribution in [2.45, 2.75) is 70.9 Å². The monoisotopic (exact) mass is 226 g/mol. The molecule has 1 aliphatic heterocycles. The number of nitrogens with one attached hydrogen (secondary N) is 1. The SMILES string of the molecule is CCCCC(CCC)NC1CCN(C)CC1. The number of nitrogens with zero attached hydrogens (tertiary/aromatic N) is 1. The van der Waals surface area contributed by atoms with Crippen molar-refractivity contribution in [3.8, 4) is 0 Å². The Morgan fingerprint density at radius 2 is 1.81 bits per heavy atom. The fourth-order valence-electron chi connectivity index (χ4n) is 2.62. The van der Waals surface area contributed by atoms with E-state index < -0.39 is 0 Å². The number of unbranched alkanes of at least 4 members (excludes halogenated alkanes) is 1. The fraction of sp³-hybridized carbons (Fsp3) is 1.00. The topological polar surface area (TPSA) is 15.3 Å². The first-order valence-corrected chi connectivity index (χ1v) is 7.20. The first-order chi connectivity index (χ1) is 7.76. The quantitative estimate of drug-likeness (QED) is 0.718. The Labute approximate surface area is 102 Å². The first-order valence-electron chi connectivity index (χ1n) is 7.20. The predicted octanol–water partition coefficient (Wildman–Crippen LogP) is 3.03. The van der Waals surface area contributed by atoms with Crippen LogP contribution in [0, 0.1) is 0 Å². The van der Waals surface area contributed by atoms with Crippen LogP contribution in [0.5, 0.6) is 0 Å². The maximum Gasteiger partial charge on any atom is 0.00939 e. The average Bonchev–Trinajstić information content (AvgIpc) is 2.29. The molecule has 96 valence electrons. The van der Waals surface area contributed by atoms with Crippen molar-refractivity contribution in [2.75, 3.05) is 20.1 Å². The van der Waals surface area contributed by atoms with Gasteiger partial charge in [-0.1, -0.05) is 33.1 Å². The van der Waals surface area contributed by atoms with Crippen LogP contribution >= 0.6 is 0 Å². The summed E-state index contributed by atoms with van der Waals surface area (Å²) in [6.45, 7) is 7.13. The van der Waals surface area contributed by atoms with E-state index in [0.717, 1.165) is 12.1 Å². The third kappa shape index (κ3) is 5.31. The van der Waals surface area contributed by atoms with Gasteiger partial charge < -0.3 is 10.2 Å². The molecule has 0 aromatic carbocycles. The Hall–Kier alpha value is -0.0800. The lowest BCUT2D eigenvalue weighted by Crippen LogP contribution is -2.45. The van der Waals surface area contributed by atoms with Crippen molar-refractivity contribution in [3.05, 3.63) is 0 Å². The highest BCUT2D eigenvalue weighted by atomic mass is 15.1. The number of hydrogen-bond acceptors (Lipinski definition) is 2. The van der Waals surface area contributed by atoms with Crippen LogP contribution in [0.1, 0.15) is 58.8 Å². The molecule has 1 rings (SSSR count). The second-order valence-corrected chi connectivity index (χ2v) is 5.37. The van der Waals surface area contributed by atoms with Crippen molar-refractivity contribution < 1.29 is 0 Å². The lowest BCUT2D eigenvalue weighted by molar-refractivity contribution is 0.219. The van der Waals surface area contributed by atoms with E-state index in [1.165, 1.54) is 58.0 Å². The molecular formula is C14H30N2. The lowest BCUT2D eigenvalue weighted by Gasteiger charge is -2.32. The maximum atomic E-state index is 3.89. The number of rotatable bonds is 7. The molecule has 0 aromatic rings. The van der Waals surface area contributed by atoms with Crippen LogP contribution in [-0.4, -0.2) is 37.1 Å². The van der Waals surface area contributed by atoms with Crippen molar-refractivity contribution in [2.24, 2.45) is 0 Å². The second-order valence-electron chi connectivity index (χ2n) is 5.37. The van der Waals surface area contributed by atoms with Crippen molar-refractivity contribution in [1.29, 1.82) is 0 Å². The minimum Gasteiger partial charge on any atom is -0.311 e. The van der Waals surface area contributed by atoms with E-state index in [9.17, 15) is 0 Å². The fourth-order valence-corrected chi connectivity index (χ4v) is 2.62. The minimum absolute atomic E-state index is 0.776. The van der Waals surface area contributed by atoms with Crippen LogP contribution in [0.4, 0.5) is 0 Å². The predicted molar refractivity (Wildman–Crippen MR) is 71.9 cm³/mol. The normalized spacial score (nSPS) is 21.2. The second kappa shape index (κ2) is 8.08. The molecule has 0 amide bonds. The summed E-state index contributed by atoms with van der Waals surface area (Å²) in [4.78, 5) is 2.44. The van der Waals surface area contributed by atoms with E-state index in [1.54, 1.807) is 0 Å². The Morgan fingerprint density at radius 1 is 1.12 bits per heavy atom. The van der Waals surface area contributed by atoms with Gasteiger partial charge in [-0.25, -0.2) is 0 Å². The van der Waals surface area contributed by atoms with Gasteiger partial charge in [0.15, 0.2) is 0 Å². The Morgan fingerprint density at radius 3 is 2.38 bits per heavy atom. The van der Waals surface area contributed by atoms with Gasteiger partial charge in [0.1, 0.15) is 0 Å². The zero-order valence-electron chi connectivity index (χ0n) is 11.5. The highest BCUT2D eigenvalue weighted by Crippen LogP contribution is 2.13. The molecule has 1 atom stereocenters. The molecule has 0 bridgehead atoms. The van der Waals surface area contributed by atoms with Gasteiger partial charge in [-0.3, -0.25) is 0 Å². The Balaban J connectivity index is 2.24. The van der Waals surface area contributed by atoms with E-state index in [-0.39, 0.29) is 0 Å². The highest BCUT2D eigenvalue weighted by molar-refractivity contribution is 4.79. The van der Waals surface area contributed by atoms with Gasteiger partial charge in [0, 0.05) is 12.1 Å². The summed E-state index contributed by atoms with van der Waals surface area (Å²) in [5, 5.41) is 3.89. The smallest absolute Gasteiger partial charge is 0.00939 e. The van der Waals surface area contributed by atoms with E-state index >= 15 is 0 Å². The molecule has 1 fully saturated rings. The van der Waals surface area contributed by atoms with E-state index in [4.69, 9.17) is 0 Å². The first kappa shape index (κ1) is 14.0. The molecule has 1 N–H and O–H groups in total. The summed E-state index contributed by atoms with van der Waals surface area (Å²) in [6.07, 6.45) is 9.42. The van der Waals surface area contributed by atoms with Crippen LogP contribution in [0.3, 0.4) is 0 Å². The minimum atomic E-state index is 0.776. The zero-order valence-corrected chi connectivity index (χ0v) is 11.5. The van der Waals surface area contributed by atoms with Crippen molar-refractivity contribution in [3.63, 3.8) is 0 Å². The molecule has 1 unspecified atom stereocenters. The molecule has 0 saturated carbocycles. The molecule has 0 spiro atoms. The third-order valence-corrected chi connectivity index (χ3v) is 3.73. The lowest BCUT2D eigenvalue weighted by atomic mass is 10.00. The van der Waals surface area contributed by atoms with Gasteiger partial charge in [0.2, 0.25) is 0 Å². The Kier molecular flexibility index (Phi) is 7.06. The summed E-state index contributed by atoms with van der Waals surface area (Å²) in [6, 6.07) is 1.56. The molecule has 0 aliphatic carbocycles. The number of likely N-dealkylation sites (tertiary alicyclic amines) is 1. The maximum absolute atomic E-state index is 3.89. The molecule has 1 heterocycles. The van der Waals surface area contributed by atoms with Crippen LogP contribution in [0.2, 0.25) is 0 Å². The van der Waals surface area contributed by atoms with E-state index in [2.05, 4.69) is 31.1 Å². The van der Waals surface area contributed by atoms with Crippen molar-refractivity contribution >= 4 is 0 Å². The number of piperidine rings is 1. The Bertz CT molecular complexity index is 162. The van der Waals surface area contributed by atoms with Crippen LogP contribution in [0.15, 0.2) is 0 Å². The van der Waals surface area contributed by atoms with Gasteiger partial charge in [0.05, 0.1) is 0 Å². The van der Waals surface area contributed by atoms with Gasteiger partial charge in [-0.05, 0) is 45.8 Å². The van der Waals surface area contributed by atoms with Gasteiger partial charge in [-0.15, -0.1) is 0 Å². The molecule has 1 saturated heterocycles. The zero-order chi connectivity index (χ0) is 11.8. The molecule has 2 nitrogen and oxygen atoms in total. The highest BCUT2D eigenvalue weighted by Gasteiger charge is 2.19. The van der Waals surface area contributed by atoms with Crippen LogP contribution in [-0.2, 0) is 0 Å². The van der Waals surface area contributed by atoms with Gasteiger partial charge in [0.25, 0.3) is 0 Å². The molecular weight excluding hydrogens is 196 g/mol. The molecule has 16 heavy (non-hydrogen) atoms. The van der Waals surface area contributed by atoms with Gasteiger partial charge in [-0.2, -0.15) is 0 Å². The van der Waals surface area contributed by atoms with Crippen LogP contribution < -0.4 is 5.32 Å². The summed E-state index contributed by atoms with van der Waals surface area (Å²) in [7, 11) is 2.23. The molecule has 0 aromatic heterocycles. The molecule has 0 radical (unpaired) electrons. The van der Waals surface area contributed by atoms with Crippen LogP contribution in [0.25, 0.3) is 0 Å². The summed E-state index contributed by atoms with van der Waals surface area (Å²) < 4.78 is 0. The van der Waals surface area contributed by atoms with Crippen molar-refractivity contribution in [1.82, 2.24) is 10.2 Å². The standard InChI is InChI=1S/C14H30N2/c1-4-6-8-13(7-5-2)15-14-9-11-16(3)12-10-14/h13-15H,4-12H2,1-3H3. The van der Waals surface area contributed by atoms with Gasteiger partial charge >= 0.3 is 0 Å². The number of hydrogen-bond donors (Lipinski definition) is 1. The largest absolute Gasteiger partial charge is 0.311 e. The molecule has 1 aliphatic rings. The van der Waals surface area contributed by atoms with E-state index in [0.29, 0.717) is 0 Å². The summed E-state index contributed by atoms with van der Waals surface area (Å²) in [5.74, 6) is 0. The molecule has 2 heteroatoms.